The van der Waals surface area contributed by atoms with E-state index < -0.39 is 5.54 Å². The molecule has 3 heterocycles. The number of ether oxygens (including phenoxy) is 1. The van der Waals surface area contributed by atoms with Crippen molar-refractivity contribution in [2.75, 3.05) is 19.8 Å². The Balaban J connectivity index is 1.43. The smallest absolute Gasteiger partial charge is 0.254 e. The van der Waals surface area contributed by atoms with Gasteiger partial charge in [-0.1, -0.05) is 23.4 Å². The van der Waals surface area contributed by atoms with E-state index >= 15 is 0 Å². The van der Waals surface area contributed by atoms with Gasteiger partial charge in [-0.15, -0.1) is 0 Å². The maximum atomic E-state index is 13.0. The van der Waals surface area contributed by atoms with Crippen LogP contribution < -0.4 is 5.32 Å². The molecule has 0 radical (unpaired) electrons. The SMILES string of the molecule is Cc1noc(CCNC(=O)CC2(N3Cc4ccccc4C3=O)CCOCC2)n1. The molecule has 0 bridgehead atoms. The molecule has 1 aromatic carbocycles. The van der Waals surface area contributed by atoms with Gasteiger partial charge in [-0.25, -0.2) is 0 Å². The number of rotatable bonds is 6. The van der Waals surface area contributed by atoms with Crippen molar-refractivity contribution in [3.8, 4) is 0 Å². The standard InChI is InChI=1S/C20H24N4O4/c1-14-22-18(28-23-14)6-9-21-17(25)12-20(7-10-27-11-8-20)24-13-15-4-2-3-5-16(15)19(24)26/h2-5H,6-13H2,1H3,(H,21,25). The minimum absolute atomic E-state index is 0.00614. The number of hydrogen-bond acceptors (Lipinski definition) is 6. The molecule has 0 saturated carbocycles. The number of aromatic nitrogens is 2. The van der Waals surface area contributed by atoms with E-state index in [9.17, 15) is 9.59 Å². The Morgan fingerprint density at radius 1 is 1.29 bits per heavy atom. The van der Waals surface area contributed by atoms with E-state index in [1.54, 1.807) is 6.92 Å². The van der Waals surface area contributed by atoms with Gasteiger partial charge in [0.25, 0.3) is 5.91 Å². The number of amides is 2. The van der Waals surface area contributed by atoms with Gasteiger partial charge in [0.2, 0.25) is 11.8 Å². The number of nitrogens with one attached hydrogen (secondary N) is 1. The highest BCUT2D eigenvalue weighted by molar-refractivity contribution is 5.99. The van der Waals surface area contributed by atoms with Crippen LogP contribution in [0, 0.1) is 6.92 Å². The molecule has 1 fully saturated rings. The molecule has 2 aliphatic rings. The van der Waals surface area contributed by atoms with Crippen molar-refractivity contribution in [3.63, 3.8) is 0 Å². The van der Waals surface area contributed by atoms with Gasteiger partial charge in [-0.2, -0.15) is 4.98 Å². The lowest BCUT2D eigenvalue weighted by Gasteiger charge is -2.44. The molecule has 2 amide bonds. The Kier molecular flexibility index (Phi) is 5.13. The fourth-order valence-corrected chi connectivity index (χ4v) is 4.04. The number of carbonyl (C=O) groups excluding carboxylic acids is 2. The van der Waals surface area contributed by atoms with E-state index in [1.165, 1.54) is 0 Å². The highest BCUT2D eigenvalue weighted by Gasteiger charge is 2.45. The van der Waals surface area contributed by atoms with Crippen molar-refractivity contribution in [3.05, 3.63) is 47.1 Å². The molecule has 0 unspecified atom stereocenters. The molecule has 1 N–H and O–H groups in total. The second kappa shape index (κ2) is 7.71. The first-order chi connectivity index (χ1) is 13.6. The number of benzene rings is 1. The second-order valence-electron chi connectivity index (χ2n) is 7.40. The lowest BCUT2D eigenvalue weighted by molar-refractivity contribution is -0.125. The van der Waals surface area contributed by atoms with Crippen LogP contribution in [0.4, 0.5) is 0 Å². The average molecular weight is 384 g/mol. The number of nitrogens with zero attached hydrogens (tertiary/aromatic N) is 3. The van der Waals surface area contributed by atoms with E-state index in [4.69, 9.17) is 9.26 Å². The van der Waals surface area contributed by atoms with Gasteiger partial charge in [-0.05, 0) is 31.4 Å². The minimum Gasteiger partial charge on any atom is -0.381 e. The molecule has 0 aliphatic carbocycles. The molecule has 28 heavy (non-hydrogen) atoms. The van der Waals surface area contributed by atoms with Gasteiger partial charge in [0.05, 0.1) is 12.0 Å². The monoisotopic (exact) mass is 384 g/mol. The predicted molar refractivity (Wildman–Crippen MR) is 99.5 cm³/mol. The lowest BCUT2D eigenvalue weighted by atomic mass is 9.84. The third kappa shape index (κ3) is 3.64. The third-order valence-corrected chi connectivity index (χ3v) is 5.54. The van der Waals surface area contributed by atoms with Crippen LogP contribution >= 0.6 is 0 Å². The van der Waals surface area contributed by atoms with Crippen LogP contribution in [0.15, 0.2) is 28.8 Å². The van der Waals surface area contributed by atoms with Crippen LogP contribution in [0.25, 0.3) is 0 Å². The molecule has 1 aromatic heterocycles. The second-order valence-corrected chi connectivity index (χ2v) is 7.40. The third-order valence-electron chi connectivity index (χ3n) is 5.54. The van der Waals surface area contributed by atoms with Crippen LogP contribution in [0.1, 0.15) is 46.9 Å². The summed E-state index contributed by atoms with van der Waals surface area (Å²) in [6.07, 6.45) is 2.06. The zero-order valence-corrected chi connectivity index (χ0v) is 15.9. The molecule has 0 spiro atoms. The molecule has 148 valence electrons. The summed E-state index contributed by atoms with van der Waals surface area (Å²) in [5.74, 6) is 1.01. The fourth-order valence-electron chi connectivity index (χ4n) is 4.04. The molecule has 4 rings (SSSR count). The summed E-state index contributed by atoms with van der Waals surface area (Å²) in [4.78, 5) is 31.7. The summed E-state index contributed by atoms with van der Waals surface area (Å²) >= 11 is 0. The number of hydrogen-bond donors (Lipinski definition) is 1. The Morgan fingerprint density at radius 2 is 2.07 bits per heavy atom. The first-order valence-corrected chi connectivity index (χ1v) is 9.61. The van der Waals surface area contributed by atoms with E-state index in [0.29, 0.717) is 57.3 Å². The van der Waals surface area contributed by atoms with Crippen LogP contribution in [-0.4, -0.2) is 52.2 Å². The van der Waals surface area contributed by atoms with Crippen LogP contribution in [0.5, 0.6) is 0 Å². The minimum atomic E-state index is -0.514. The van der Waals surface area contributed by atoms with Crippen molar-refractivity contribution in [1.29, 1.82) is 0 Å². The van der Waals surface area contributed by atoms with Gasteiger partial charge >= 0.3 is 0 Å². The Bertz CT molecular complexity index is 873. The van der Waals surface area contributed by atoms with E-state index in [1.807, 2.05) is 29.2 Å². The predicted octanol–water partition coefficient (Wildman–Crippen LogP) is 1.63. The molecule has 1 saturated heterocycles. The number of carbonyl (C=O) groups is 2. The number of aryl methyl sites for hydroxylation is 1. The van der Waals surface area contributed by atoms with Gasteiger partial charge in [0.15, 0.2) is 5.82 Å². The highest BCUT2D eigenvalue weighted by atomic mass is 16.5. The maximum absolute atomic E-state index is 13.0. The molecular formula is C20H24N4O4. The Labute approximate surface area is 163 Å². The van der Waals surface area contributed by atoms with E-state index in [0.717, 1.165) is 11.1 Å². The van der Waals surface area contributed by atoms with Crippen molar-refractivity contribution >= 4 is 11.8 Å². The summed E-state index contributed by atoms with van der Waals surface area (Å²) in [7, 11) is 0. The highest BCUT2D eigenvalue weighted by Crippen LogP contribution is 2.37. The fraction of sp³-hybridized carbons (Fsp3) is 0.500. The quantitative estimate of drug-likeness (QED) is 0.813. The van der Waals surface area contributed by atoms with E-state index in [2.05, 4.69) is 15.5 Å². The first kappa shape index (κ1) is 18.6. The first-order valence-electron chi connectivity index (χ1n) is 9.61. The molecule has 8 nitrogen and oxygen atoms in total. The van der Waals surface area contributed by atoms with Gasteiger partial charge in [-0.3, -0.25) is 9.59 Å². The normalized spacial score (nSPS) is 18.2. The largest absolute Gasteiger partial charge is 0.381 e. The van der Waals surface area contributed by atoms with Crippen molar-refractivity contribution in [2.24, 2.45) is 0 Å². The summed E-state index contributed by atoms with van der Waals surface area (Å²) in [5.41, 5.74) is 1.24. The Morgan fingerprint density at radius 3 is 2.79 bits per heavy atom. The van der Waals surface area contributed by atoms with Gasteiger partial charge in [0, 0.05) is 38.3 Å². The van der Waals surface area contributed by atoms with Crippen LogP contribution in [0.3, 0.4) is 0 Å². The van der Waals surface area contributed by atoms with Crippen molar-refractivity contribution < 1.29 is 18.8 Å². The lowest BCUT2D eigenvalue weighted by Crippen LogP contribution is -2.54. The molecule has 8 heteroatoms. The molecular weight excluding hydrogens is 360 g/mol. The van der Waals surface area contributed by atoms with Crippen LogP contribution in [0.2, 0.25) is 0 Å². The zero-order valence-electron chi connectivity index (χ0n) is 15.9. The topological polar surface area (TPSA) is 97.6 Å². The zero-order chi connectivity index (χ0) is 19.6. The van der Waals surface area contributed by atoms with Gasteiger partial charge in [0.1, 0.15) is 0 Å². The van der Waals surface area contributed by atoms with Crippen molar-refractivity contribution in [2.45, 2.75) is 44.7 Å². The molecule has 2 aliphatic heterocycles. The summed E-state index contributed by atoms with van der Waals surface area (Å²) in [6, 6.07) is 7.66. The summed E-state index contributed by atoms with van der Waals surface area (Å²) in [6.45, 7) is 3.82. The number of fused-ring (bicyclic) bond motifs is 1. The van der Waals surface area contributed by atoms with Gasteiger partial charge < -0.3 is 19.5 Å². The molecule has 2 aromatic rings. The van der Waals surface area contributed by atoms with E-state index in [-0.39, 0.29) is 18.2 Å². The Hall–Kier alpha value is -2.74. The summed E-state index contributed by atoms with van der Waals surface area (Å²) < 4.78 is 10.6. The average Bonchev–Trinajstić information content (AvgIpc) is 3.26. The molecule has 0 atom stereocenters. The summed E-state index contributed by atoms with van der Waals surface area (Å²) in [5, 5.41) is 6.67. The van der Waals surface area contributed by atoms with Crippen molar-refractivity contribution in [1.82, 2.24) is 20.4 Å². The maximum Gasteiger partial charge on any atom is 0.254 e. The van der Waals surface area contributed by atoms with Crippen LogP contribution in [-0.2, 0) is 22.5 Å².